The molecule has 0 saturated heterocycles. The summed E-state index contributed by atoms with van der Waals surface area (Å²) in [6.07, 6.45) is -1.41. The number of alkyl halides is 3. The molecule has 0 aliphatic carbocycles. The smallest absolute Gasteiger partial charge is 0.315 e. The van der Waals surface area contributed by atoms with Gasteiger partial charge in [-0.1, -0.05) is 13.8 Å². The lowest BCUT2D eigenvalue weighted by Gasteiger charge is -2.11. The second kappa shape index (κ2) is 7.47. The van der Waals surface area contributed by atoms with Crippen molar-refractivity contribution >= 4 is 0 Å². The summed E-state index contributed by atoms with van der Waals surface area (Å²) in [4.78, 5) is 11.5. The second-order valence-electron chi connectivity index (χ2n) is 5.23. The van der Waals surface area contributed by atoms with Crippen LogP contribution in [0.3, 0.4) is 0 Å². The fraction of sp³-hybridized carbons (Fsp3) is 0.643. The van der Waals surface area contributed by atoms with Crippen molar-refractivity contribution in [3.05, 3.63) is 34.2 Å². The molecule has 3 nitrogen and oxygen atoms in total. The maximum atomic E-state index is 12.5. The molecule has 114 valence electrons. The molecular weight excluding hydrogens is 269 g/mol. The van der Waals surface area contributed by atoms with Crippen LogP contribution in [0.5, 0.6) is 0 Å². The highest BCUT2D eigenvalue weighted by atomic mass is 19.4. The van der Waals surface area contributed by atoms with Crippen molar-refractivity contribution in [2.45, 2.75) is 39.4 Å². The Kier molecular flexibility index (Phi) is 6.26. The second-order valence-corrected chi connectivity index (χ2v) is 5.23. The van der Waals surface area contributed by atoms with Gasteiger partial charge < -0.3 is 9.88 Å². The van der Waals surface area contributed by atoms with Crippen molar-refractivity contribution in [1.29, 1.82) is 0 Å². The van der Waals surface area contributed by atoms with Crippen LogP contribution in [0.15, 0.2) is 23.1 Å². The van der Waals surface area contributed by atoms with E-state index < -0.39 is 17.3 Å². The fourth-order valence-electron chi connectivity index (χ4n) is 1.83. The molecule has 0 fully saturated rings. The Labute approximate surface area is 116 Å². The molecule has 0 spiro atoms. The van der Waals surface area contributed by atoms with Gasteiger partial charge in [-0.2, -0.15) is 13.2 Å². The Bertz CT molecular complexity index is 466. The Morgan fingerprint density at radius 1 is 1.25 bits per heavy atom. The van der Waals surface area contributed by atoms with E-state index in [2.05, 4.69) is 19.2 Å². The van der Waals surface area contributed by atoms with Gasteiger partial charge in [-0.05, 0) is 31.4 Å². The Morgan fingerprint density at radius 2 is 1.95 bits per heavy atom. The van der Waals surface area contributed by atoms with Gasteiger partial charge in [-0.25, -0.2) is 0 Å². The number of hydrogen-bond acceptors (Lipinski definition) is 2. The van der Waals surface area contributed by atoms with Gasteiger partial charge in [0.05, 0.1) is 5.56 Å². The third kappa shape index (κ3) is 5.77. The minimum Gasteiger partial charge on any atom is -0.315 e. The molecule has 0 bridgehead atoms. The van der Waals surface area contributed by atoms with E-state index >= 15 is 0 Å². The molecule has 1 aromatic rings. The van der Waals surface area contributed by atoms with E-state index in [9.17, 15) is 18.0 Å². The molecule has 0 unspecified atom stereocenters. The SMILES string of the molecule is CC(C)CCCNCCn1cc(C(F)(F)F)ccc1=O. The highest BCUT2D eigenvalue weighted by molar-refractivity contribution is 5.13. The third-order valence-corrected chi connectivity index (χ3v) is 2.98. The summed E-state index contributed by atoms with van der Waals surface area (Å²) in [5, 5.41) is 3.13. The van der Waals surface area contributed by atoms with Gasteiger partial charge in [-0.3, -0.25) is 4.79 Å². The molecule has 0 radical (unpaired) electrons. The van der Waals surface area contributed by atoms with Gasteiger partial charge in [0.2, 0.25) is 0 Å². The minimum atomic E-state index is -4.42. The monoisotopic (exact) mass is 290 g/mol. The molecule has 0 aliphatic heterocycles. The van der Waals surface area contributed by atoms with Gasteiger partial charge in [0.1, 0.15) is 0 Å². The van der Waals surface area contributed by atoms with E-state index in [1.165, 1.54) is 0 Å². The van der Waals surface area contributed by atoms with Crippen molar-refractivity contribution in [1.82, 2.24) is 9.88 Å². The third-order valence-electron chi connectivity index (χ3n) is 2.98. The number of aromatic nitrogens is 1. The van der Waals surface area contributed by atoms with Crippen LogP contribution in [-0.2, 0) is 12.7 Å². The quantitative estimate of drug-likeness (QED) is 0.783. The van der Waals surface area contributed by atoms with E-state index in [0.29, 0.717) is 12.5 Å². The first-order valence-corrected chi connectivity index (χ1v) is 6.79. The molecule has 0 atom stereocenters. The van der Waals surface area contributed by atoms with E-state index in [1.54, 1.807) is 0 Å². The summed E-state index contributed by atoms with van der Waals surface area (Å²) in [5.41, 5.74) is -1.21. The van der Waals surface area contributed by atoms with Crippen molar-refractivity contribution in [2.24, 2.45) is 5.92 Å². The average Bonchev–Trinajstić information content (AvgIpc) is 2.33. The van der Waals surface area contributed by atoms with E-state index in [0.717, 1.165) is 42.3 Å². The first-order valence-electron chi connectivity index (χ1n) is 6.79. The van der Waals surface area contributed by atoms with Crippen LogP contribution in [-0.4, -0.2) is 17.7 Å². The molecule has 1 aromatic heterocycles. The lowest BCUT2D eigenvalue weighted by atomic mass is 10.1. The van der Waals surface area contributed by atoms with Crippen molar-refractivity contribution < 1.29 is 13.2 Å². The number of rotatable bonds is 7. The molecule has 0 amide bonds. The predicted molar refractivity (Wildman–Crippen MR) is 72.6 cm³/mol. The summed E-state index contributed by atoms with van der Waals surface area (Å²) < 4.78 is 38.7. The van der Waals surface area contributed by atoms with Crippen molar-refractivity contribution in [3.63, 3.8) is 0 Å². The number of hydrogen-bond donors (Lipinski definition) is 1. The Hall–Kier alpha value is -1.30. The van der Waals surface area contributed by atoms with E-state index in [-0.39, 0.29) is 6.54 Å². The molecule has 0 saturated carbocycles. The van der Waals surface area contributed by atoms with Crippen LogP contribution in [0.2, 0.25) is 0 Å². The topological polar surface area (TPSA) is 34.0 Å². The maximum absolute atomic E-state index is 12.5. The minimum absolute atomic E-state index is 0.241. The summed E-state index contributed by atoms with van der Waals surface area (Å²) in [6.45, 7) is 5.82. The zero-order valence-electron chi connectivity index (χ0n) is 11.8. The molecule has 0 aromatic carbocycles. The number of nitrogens with zero attached hydrogens (tertiary/aromatic N) is 1. The number of halogens is 3. The zero-order valence-corrected chi connectivity index (χ0v) is 11.8. The number of nitrogens with one attached hydrogen (secondary N) is 1. The Balaban J connectivity index is 2.46. The van der Waals surface area contributed by atoms with Crippen molar-refractivity contribution in [3.8, 4) is 0 Å². The fourth-order valence-corrected chi connectivity index (χ4v) is 1.83. The lowest BCUT2D eigenvalue weighted by molar-refractivity contribution is -0.138. The van der Waals surface area contributed by atoms with E-state index in [1.807, 2.05) is 0 Å². The maximum Gasteiger partial charge on any atom is 0.417 e. The molecule has 1 N–H and O–H groups in total. The van der Waals surface area contributed by atoms with Crippen LogP contribution in [0, 0.1) is 5.92 Å². The summed E-state index contributed by atoms with van der Waals surface area (Å²) in [6, 6.07) is 1.77. The zero-order chi connectivity index (χ0) is 15.2. The summed E-state index contributed by atoms with van der Waals surface area (Å²) in [7, 11) is 0. The van der Waals surface area contributed by atoms with Gasteiger partial charge in [0.15, 0.2) is 0 Å². The molecule has 20 heavy (non-hydrogen) atoms. The standard InChI is InChI=1S/C14H21F3N2O/c1-11(2)4-3-7-18-8-9-19-10-12(14(15,16)17)5-6-13(19)20/h5-6,10-11,18H,3-4,7-9H2,1-2H3. The van der Waals surface area contributed by atoms with Gasteiger partial charge in [-0.15, -0.1) is 0 Å². The molecule has 0 aliphatic rings. The molecule has 1 heterocycles. The van der Waals surface area contributed by atoms with Crippen molar-refractivity contribution in [2.75, 3.05) is 13.1 Å². The van der Waals surface area contributed by atoms with Crippen LogP contribution in [0.1, 0.15) is 32.3 Å². The van der Waals surface area contributed by atoms with Gasteiger partial charge in [0.25, 0.3) is 5.56 Å². The highest BCUT2D eigenvalue weighted by Crippen LogP contribution is 2.27. The molecule has 6 heteroatoms. The number of pyridine rings is 1. The largest absolute Gasteiger partial charge is 0.417 e. The highest BCUT2D eigenvalue weighted by Gasteiger charge is 2.30. The van der Waals surface area contributed by atoms with Gasteiger partial charge in [0, 0.05) is 25.4 Å². The predicted octanol–water partition coefficient (Wildman–Crippen LogP) is 2.89. The lowest BCUT2D eigenvalue weighted by Crippen LogP contribution is -2.28. The summed E-state index contributed by atoms with van der Waals surface area (Å²) in [5.74, 6) is 0.642. The van der Waals surface area contributed by atoms with Crippen LogP contribution in [0.25, 0.3) is 0 Å². The summed E-state index contributed by atoms with van der Waals surface area (Å²) >= 11 is 0. The van der Waals surface area contributed by atoms with E-state index in [4.69, 9.17) is 0 Å². The Morgan fingerprint density at radius 3 is 2.55 bits per heavy atom. The van der Waals surface area contributed by atoms with Crippen LogP contribution in [0.4, 0.5) is 13.2 Å². The van der Waals surface area contributed by atoms with Gasteiger partial charge >= 0.3 is 6.18 Å². The normalized spacial score (nSPS) is 12.1. The molecular formula is C14H21F3N2O. The first-order chi connectivity index (χ1) is 9.30. The average molecular weight is 290 g/mol. The van der Waals surface area contributed by atoms with Crippen LogP contribution < -0.4 is 10.9 Å². The molecule has 1 rings (SSSR count). The first kappa shape index (κ1) is 16.8. The van der Waals surface area contributed by atoms with Crippen LogP contribution >= 0.6 is 0 Å².